The van der Waals surface area contributed by atoms with E-state index in [9.17, 15) is 10.1 Å². The van der Waals surface area contributed by atoms with Gasteiger partial charge in [-0.1, -0.05) is 6.07 Å². The van der Waals surface area contributed by atoms with Crippen molar-refractivity contribution in [1.82, 2.24) is 24.4 Å². The molecule has 9 heteroatoms. The van der Waals surface area contributed by atoms with Gasteiger partial charge in [-0.15, -0.1) is 0 Å². The van der Waals surface area contributed by atoms with Gasteiger partial charge in [0.05, 0.1) is 30.0 Å². The van der Waals surface area contributed by atoms with Gasteiger partial charge in [-0.3, -0.25) is 9.79 Å². The molecule has 1 N–H and O–H groups in total. The van der Waals surface area contributed by atoms with E-state index < -0.39 is 0 Å². The average molecular weight is 465 g/mol. The van der Waals surface area contributed by atoms with E-state index in [0.717, 1.165) is 33.9 Å². The fourth-order valence-corrected chi connectivity index (χ4v) is 3.66. The van der Waals surface area contributed by atoms with Crippen LogP contribution in [0.3, 0.4) is 0 Å². The number of aromatic nitrogens is 5. The van der Waals surface area contributed by atoms with E-state index in [0.29, 0.717) is 16.9 Å². The number of carbonyl (C=O) groups excluding carboxylic acids is 1. The molecule has 0 unspecified atom stereocenters. The van der Waals surface area contributed by atoms with Gasteiger partial charge in [0.1, 0.15) is 6.07 Å². The van der Waals surface area contributed by atoms with Crippen LogP contribution in [-0.4, -0.2) is 36.9 Å². The van der Waals surface area contributed by atoms with E-state index in [4.69, 9.17) is 0 Å². The Morgan fingerprint density at radius 3 is 2.69 bits per heavy atom. The molecule has 9 nitrogen and oxygen atoms in total. The van der Waals surface area contributed by atoms with Crippen molar-refractivity contribution in [3.8, 4) is 22.9 Å². The maximum atomic E-state index is 12.3. The number of aryl methyl sites for hydroxylation is 1. The van der Waals surface area contributed by atoms with E-state index in [1.807, 2.05) is 57.3 Å². The Morgan fingerprint density at radius 1 is 1.20 bits per heavy atom. The van der Waals surface area contributed by atoms with E-state index in [2.05, 4.69) is 32.2 Å². The summed E-state index contributed by atoms with van der Waals surface area (Å²) in [5.74, 6) is -0.0917. The molecule has 0 saturated carbocycles. The third-order valence-corrected chi connectivity index (χ3v) is 5.44. The molecule has 174 valence electrons. The van der Waals surface area contributed by atoms with Crippen LogP contribution < -0.4 is 5.32 Å². The lowest BCUT2D eigenvalue weighted by molar-refractivity contribution is 0.101. The number of Topliss-reactive ketones (excluding diaryl/α,β-unsaturated/α-hetero) is 1. The monoisotopic (exact) mass is 464 g/mol. The third-order valence-electron chi connectivity index (χ3n) is 5.44. The van der Waals surface area contributed by atoms with Crippen molar-refractivity contribution in [1.29, 1.82) is 5.26 Å². The zero-order valence-corrected chi connectivity index (χ0v) is 19.9. The predicted octanol–water partition coefficient (Wildman–Crippen LogP) is 4.88. The number of fused-ring (bicyclic) bond motifs is 1. The molecule has 0 aliphatic carbocycles. The molecule has 0 aliphatic heterocycles. The Bertz CT molecular complexity index is 1560. The minimum Gasteiger partial charge on any atom is -0.357 e. The minimum atomic E-state index is -0.0917. The Hall–Kier alpha value is -4.84. The second-order valence-electron chi connectivity index (χ2n) is 8.09. The molecule has 0 atom stereocenters. The summed E-state index contributed by atoms with van der Waals surface area (Å²) in [7, 11) is 0. The summed E-state index contributed by atoms with van der Waals surface area (Å²) in [4.78, 5) is 20.8. The molecule has 4 rings (SSSR count). The summed E-state index contributed by atoms with van der Waals surface area (Å²) in [6.07, 6.45) is 9.11. The van der Waals surface area contributed by atoms with Gasteiger partial charge >= 0.3 is 0 Å². The molecule has 0 amide bonds. The molecular formula is C26H24N8O. The van der Waals surface area contributed by atoms with Crippen molar-refractivity contribution in [2.45, 2.75) is 27.7 Å². The van der Waals surface area contributed by atoms with E-state index in [1.54, 1.807) is 33.7 Å². The van der Waals surface area contributed by atoms with E-state index >= 15 is 0 Å². The van der Waals surface area contributed by atoms with Crippen LogP contribution in [0.1, 0.15) is 42.5 Å². The number of hydrogen-bond donors (Lipinski definition) is 1. The first-order chi connectivity index (χ1) is 16.8. The number of carbonyl (C=O) groups is 1. The summed E-state index contributed by atoms with van der Waals surface area (Å²) in [5, 5.41) is 21.3. The number of hydrogen-bond acceptors (Lipinski definition) is 7. The first kappa shape index (κ1) is 23.3. The lowest BCUT2D eigenvalue weighted by Crippen LogP contribution is -2.07. The quantitative estimate of drug-likeness (QED) is 0.237. The molecule has 1 aromatic carbocycles. The summed E-state index contributed by atoms with van der Waals surface area (Å²) in [5.41, 5.74) is 6.98. The topological polar surface area (TPSA) is 113 Å². The molecule has 0 radical (unpaired) electrons. The molecule has 35 heavy (non-hydrogen) atoms. The fourth-order valence-electron chi connectivity index (χ4n) is 3.66. The number of rotatable bonds is 7. The fraction of sp³-hybridized carbons (Fsp3) is 0.154. The number of benzene rings is 1. The van der Waals surface area contributed by atoms with Crippen molar-refractivity contribution >= 4 is 23.8 Å². The molecule has 4 aromatic rings. The van der Waals surface area contributed by atoms with Crippen molar-refractivity contribution < 1.29 is 4.79 Å². The Kier molecular flexibility index (Phi) is 6.38. The van der Waals surface area contributed by atoms with Crippen LogP contribution in [0, 0.1) is 18.3 Å². The Labute approximate surface area is 202 Å². The maximum absolute atomic E-state index is 12.3. The molecular weight excluding hydrogens is 440 g/mol. The van der Waals surface area contributed by atoms with Crippen LogP contribution in [-0.2, 0) is 0 Å². The standard InChI is InChI=1S/C26H24N8O/c1-16(28-5)6-7-17(2)31-22-13-29-26-24(14-30-33(26)15-22)20-8-9-23(19(4)35)25(11-20)34-18(3)10-21(12-27)32-34/h6-11,13-15,31H,5H2,1-4H3/b16-6-,17-7+. The highest BCUT2D eigenvalue weighted by Gasteiger charge is 2.17. The molecule has 0 spiro atoms. The van der Waals surface area contributed by atoms with Gasteiger partial charge in [-0.2, -0.15) is 15.5 Å². The Morgan fingerprint density at radius 2 is 2.00 bits per heavy atom. The number of ketones is 1. The third kappa shape index (κ3) is 4.77. The SMILES string of the molecule is C=N/C(C)=C\C=C(/C)Nc1cnc2c(-c3ccc(C(C)=O)c(-n4nc(C#N)cc4C)c3)cnn2c1. The van der Waals surface area contributed by atoms with Crippen LogP contribution >= 0.6 is 0 Å². The number of nitrogens with one attached hydrogen (secondary N) is 1. The van der Waals surface area contributed by atoms with Crippen molar-refractivity contribution in [3.63, 3.8) is 0 Å². The number of aliphatic imine (C=N–C) groups is 1. The van der Waals surface area contributed by atoms with Crippen LogP contribution in [0.5, 0.6) is 0 Å². The van der Waals surface area contributed by atoms with Crippen LogP contribution in [0.15, 0.2) is 71.4 Å². The van der Waals surface area contributed by atoms with E-state index in [-0.39, 0.29) is 11.5 Å². The highest BCUT2D eigenvalue weighted by Crippen LogP contribution is 2.29. The minimum absolute atomic E-state index is 0.0917. The summed E-state index contributed by atoms with van der Waals surface area (Å²) >= 11 is 0. The second-order valence-corrected chi connectivity index (χ2v) is 8.09. The number of anilines is 1. The van der Waals surface area contributed by atoms with Gasteiger partial charge in [0.15, 0.2) is 17.1 Å². The largest absolute Gasteiger partial charge is 0.357 e. The van der Waals surface area contributed by atoms with Crippen molar-refractivity contribution in [2.75, 3.05) is 5.32 Å². The van der Waals surface area contributed by atoms with Gasteiger partial charge in [-0.25, -0.2) is 14.2 Å². The molecule has 0 bridgehead atoms. The highest BCUT2D eigenvalue weighted by atomic mass is 16.1. The zero-order valence-electron chi connectivity index (χ0n) is 19.9. The number of nitrogens with zero attached hydrogens (tertiary/aromatic N) is 7. The summed E-state index contributed by atoms with van der Waals surface area (Å²) < 4.78 is 3.32. The zero-order chi connectivity index (χ0) is 25.1. The van der Waals surface area contributed by atoms with Gasteiger partial charge in [0, 0.05) is 28.2 Å². The second kappa shape index (κ2) is 9.57. The van der Waals surface area contributed by atoms with Crippen molar-refractivity contribution in [3.05, 3.63) is 83.4 Å². The summed E-state index contributed by atoms with van der Waals surface area (Å²) in [6.45, 7) is 10.7. The smallest absolute Gasteiger partial charge is 0.163 e. The predicted molar refractivity (Wildman–Crippen MR) is 136 cm³/mol. The molecule has 3 aromatic heterocycles. The average Bonchev–Trinajstić information content (AvgIpc) is 3.44. The lowest BCUT2D eigenvalue weighted by Gasteiger charge is -2.11. The molecule has 0 aliphatic rings. The van der Waals surface area contributed by atoms with Gasteiger partial charge in [0.2, 0.25) is 0 Å². The van der Waals surface area contributed by atoms with Crippen LogP contribution in [0.25, 0.3) is 22.5 Å². The van der Waals surface area contributed by atoms with Gasteiger partial charge in [-0.05, 0) is 70.3 Å². The number of nitriles is 1. The van der Waals surface area contributed by atoms with E-state index in [1.165, 1.54) is 6.92 Å². The Balaban J connectivity index is 1.73. The lowest BCUT2D eigenvalue weighted by atomic mass is 10.0. The first-order valence-electron chi connectivity index (χ1n) is 10.9. The van der Waals surface area contributed by atoms with Crippen LogP contribution in [0.4, 0.5) is 5.69 Å². The summed E-state index contributed by atoms with van der Waals surface area (Å²) in [6, 6.07) is 9.23. The first-order valence-corrected chi connectivity index (χ1v) is 10.9. The highest BCUT2D eigenvalue weighted by molar-refractivity contribution is 5.98. The van der Waals surface area contributed by atoms with Crippen LogP contribution in [0.2, 0.25) is 0 Å². The molecule has 0 fully saturated rings. The van der Waals surface area contributed by atoms with Gasteiger partial charge < -0.3 is 5.32 Å². The molecule has 3 heterocycles. The normalized spacial score (nSPS) is 12.0. The van der Waals surface area contributed by atoms with Gasteiger partial charge in [0.25, 0.3) is 0 Å². The number of allylic oxidation sites excluding steroid dienone is 4. The maximum Gasteiger partial charge on any atom is 0.163 e. The molecule has 0 saturated heterocycles. The van der Waals surface area contributed by atoms with Crippen molar-refractivity contribution in [2.24, 2.45) is 4.99 Å².